The summed E-state index contributed by atoms with van der Waals surface area (Å²) in [7, 11) is 0. The number of rotatable bonds is 12. The SMILES string of the molecule is C#CCC(O)CCCCCCCCOCCC#CC. The zero-order valence-corrected chi connectivity index (χ0v) is 12.3. The van der Waals surface area contributed by atoms with Gasteiger partial charge in [0, 0.05) is 19.4 Å². The Morgan fingerprint density at radius 3 is 2.42 bits per heavy atom. The van der Waals surface area contributed by atoms with Crippen LogP contribution in [-0.4, -0.2) is 24.4 Å². The van der Waals surface area contributed by atoms with Crippen LogP contribution in [0.5, 0.6) is 0 Å². The summed E-state index contributed by atoms with van der Waals surface area (Å²) in [4.78, 5) is 0. The van der Waals surface area contributed by atoms with E-state index in [0.717, 1.165) is 38.9 Å². The molecule has 1 N–H and O–H groups in total. The second-order valence-corrected chi connectivity index (χ2v) is 4.76. The molecule has 0 saturated heterocycles. The van der Waals surface area contributed by atoms with E-state index in [-0.39, 0.29) is 6.10 Å². The summed E-state index contributed by atoms with van der Waals surface area (Å²) in [5.74, 6) is 8.33. The van der Waals surface area contributed by atoms with Gasteiger partial charge in [-0.2, -0.15) is 0 Å². The van der Waals surface area contributed by atoms with Crippen molar-refractivity contribution in [2.24, 2.45) is 0 Å². The maximum Gasteiger partial charge on any atom is 0.0649 e. The lowest BCUT2D eigenvalue weighted by atomic mass is 10.1. The van der Waals surface area contributed by atoms with E-state index in [9.17, 15) is 5.11 Å². The number of hydrogen-bond donors (Lipinski definition) is 1. The highest BCUT2D eigenvalue weighted by atomic mass is 16.5. The van der Waals surface area contributed by atoms with E-state index in [2.05, 4.69) is 17.8 Å². The highest BCUT2D eigenvalue weighted by molar-refractivity contribution is 4.94. The molecule has 0 aromatic heterocycles. The molecule has 1 atom stereocenters. The van der Waals surface area contributed by atoms with Gasteiger partial charge in [0.15, 0.2) is 0 Å². The standard InChI is InChI=1S/C17H28O2/c1-3-5-11-15-19-16-12-9-7-6-8-10-14-17(18)13-4-2/h2,17-18H,6-16H2,1H3. The second-order valence-electron chi connectivity index (χ2n) is 4.76. The smallest absolute Gasteiger partial charge is 0.0649 e. The van der Waals surface area contributed by atoms with Gasteiger partial charge in [0.25, 0.3) is 0 Å². The molecule has 0 aromatic rings. The van der Waals surface area contributed by atoms with Crippen molar-refractivity contribution >= 4 is 0 Å². The molecule has 19 heavy (non-hydrogen) atoms. The molecule has 2 nitrogen and oxygen atoms in total. The number of aliphatic hydroxyl groups is 1. The van der Waals surface area contributed by atoms with E-state index in [4.69, 9.17) is 11.2 Å². The van der Waals surface area contributed by atoms with Crippen LogP contribution in [0.25, 0.3) is 0 Å². The molecule has 0 radical (unpaired) electrons. The highest BCUT2D eigenvalue weighted by Crippen LogP contribution is 2.10. The third kappa shape index (κ3) is 15.0. The minimum Gasteiger partial charge on any atom is -0.392 e. The topological polar surface area (TPSA) is 29.5 Å². The molecular formula is C17H28O2. The molecule has 0 aliphatic carbocycles. The molecule has 0 amide bonds. The molecule has 0 spiro atoms. The molecular weight excluding hydrogens is 236 g/mol. The zero-order chi connectivity index (χ0) is 14.2. The highest BCUT2D eigenvalue weighted by Gasteiger charge is 2.00. The van der Waals surface area contributed by atoms with E-state index < -0.39 is 0 Å². The maximum absolute atomic E-state index is 9.44. The second kappa shape index (κ2) is 15.1. The van der Waals surface area contributed by atoms with Crippen LogP contribution >= 0.6 is 0 Å². The zero-order valence-electron chi connectivity index (χ0n) is 12.3. The largest absolute Gasteiger partial charge is 0.392 e. The van der Waals surface area contributed by atoms with Crippen LogP contribution in [0.2, 0.25) is 0 Å². The number of hydrogen-bond acceptors (Lipinski definition) is 2. The van der Waals surface area contributed by atoms with Crippen molar-refractivity contribution in [1.29, 1.82) is 0 Å². The van der Waals surface area contributed by atoms with Gasteiger partial charge in [0.1, 0.15) is 0 Å². The summed E-state index contributed by atoms with van der Waals surface area (Å²) < 4.78 is 5.47. The lowest BCUT2D eigenvalue weighted by Gasteiger charge is -2.06. The van der Waals surface area contributed by atoms with Crippen molar-refractivity contribution in [1.82, 2.24) is 0 Å². The Bertz CT molecular complexity index is 280. The molecule has 0 aliphatic heterocycles. The van der Waals surface area contributed by atoms with Crippen molar-refractivity contribution in [2.75, 3.05) is 13.2 Å². The van der Waals surface area contributed by atoms with Gasteiger partial charge in [-0.15, -0.1) is 24.2 Å². The van der Waals surface area contributed by atoms with Crippen LogP contribution in [0.4, 0.5) is 0 Å². The fourth-order valence-corrected chi connectivity index (χ4v) is 1.88. The molecule has 0 heterocycles. The molecule has 0 fully saturated rings. The minimum absolute atomic E-state index is 0.301. The van der Waals surface area contributed by atoms with Gasteiger partial charge in [-0.3, -0.25) is 0 Å². The number of ether oxygens (including phenoxy) is 1. The van der Waals surface area contributed by atoms with Gasteiger partial charge in [-0.25, -0.2) is 0 Å². The third-order valence-corrected chi connectivity index (χ3v) is 2.98. The average Bonchev–Trinajstić information content (AvgIpc) is 2.40. The molecule has 1 unspecified atom stereocenters. The Kier molecular flexibility index (Phi) is 14.3. The van der Waals surface area contributed by atoms with Gasteiger partial charge in [-0.1, -0.05) is 32.1 Å². The fourth-order valence-electron chi connectivity index (χ4n) is 1.88. The molecule has 108 valence electrons. The first-order chi connectivity index (χ1) is 9.31. The summed E-state index contributed by atoms with van der Waals surface area (Å²) in [6.07, 6.45) is 14.1. The number of aliphatic hydroxyl groups excluding tert-OH is 1. The monoisotopic (exact) mass is 264 g/mol. The van der Waals surface area contributed by atoms with Crippen LogP contribution in [0.1, 0.15) is 64.7 Å². The Morgan fingerprint density at radius 2 is 1.74 bits per heavy atom. The predicted octanol–water partition coefficient (Wildman–Crippen LogP) is 3.53. The Labute approximate surface area is 118 Å². The summed E-state index contributed by atoms with van der Waals surface area (Å²) in [6.45, 7) is 3.46. The van der Waals surface area contributed by atoms with Crippen molar-refractivity contribution in [3.8, 4) is 24.2 Å². The van der Waals surface area contributed by atoms with Gasteiger partial charge in [0.2, 0.25) is 0 Å². The molecule has 2 heteroatoms. The van der Waals surface area contributed by atoms with Crippen LogP contribution in [0, 0.1) is 24.2 Å². The Balaban J connectivity index is 3.06. The van der Waals surface area contributed by atoms with E-state index >= 15 is 0 Å². The molecule has 0 aromatic carbocycles. The predicted molar refractivity (Wildman–Crippen MR) is 80.7 cm³/mol. The third-order valence-electron chi connectivity index (χ3n) is 2.98. The van der Waals surface area contributed by atoms with Gasteiger partial charge in [0.05, 0.1) is 12.7 Å². The van der Waals surface area contributed by atoms with Crippen molar-refractivity contribution in [3.63, 3.8) is 0 Å². The van der Waals surface area contributed by atoms with E-state index in [1.807, 2.05) is 6.92 Å². The summed E-state index contributed by atoms with van der Waals surface area (Å²) in [5.41, 5.74) is 0. The number of unbranched alkanes of at least 4 members (excludes halogenated alkanes) is 5. The molecule has 0 bridgehead atoms. The quantitative estimate of drug-likeness (QED) is 0.431. The summed E-state index contributed by atoms with van der Waals surface area (Å²) in [5, 5.41) is 9.44. The summed E-state index contributed by atoms with van der Waals surface area (Å²) >= 11 is 0. The Morgan fingerprint density at radius 1 is 1.05 bits per heavy atom. The lowest BCUT2D eigenvalue weighted by Crippen LogP contribution is -2.04. The lowest BCUT2D eigenvalue weighted by molar-refractivity contribution is 0.135. The van der Waals surface area contributed by atoms with Crippen molar-refractivity contribution in [2.45, 2.75) is 70.8 Å². The first kappa shape index (κ1) is 18.0. The average molecular weight is 264 g/mol. The van der Waals surface area contributed by atoms with E-state index in [1.54, 1.807) is 0 Å². The number of terminal acetylenes is 1. The normalized spacial score (nSPS) is 11.4. The summed E-state index contributed by atoms with van der Waals surface area (Å²) in [6, 6.07) is 0. The van der Waals surface area contributed by atoms with E-state index in [1.165, 1.54) is 25.7 Å². The van der Waals surface area contributed by atoms with Crippen LogP contribution in [-0.2, 0) is 4.74 Å². The van der Waals surface area contributed by atoms with Crippen LogP contribution < -0.4 is 0 Å². The van der Waals surface area contributed by atoms with Crippen LogP contribution in [0.3, 0.4) is 0 Å². The molecule has 0 aliphatic rings. The Hall–Kier alpha value is -0.960. The van der Waals surface area contributed by atoms with Crippen molar-refractivity contribution in [3.05, 3.63) is 0 Å². The molecule has 0 rings (SSSR count). The fraction of sp³-hybridized carbons (Fsp3) is 0.765. The first-order valence-corrected chi connectivity index (χ1v) is 7.40. The van der Waals surface area contributed by atoms with Gasteiger partial charge < -0.3 is 9.84 Å². The van der Waals surface area contributed by atoms with Gasteiger partial charge in [-0.05, 0) is 19.8 Å². The minimum atomic E-state index is -0.301. The van der Waals surface area contributed by atoms with E-state index in [0.29, 0.717) is 6.42 Å². The maximum atomic E-state index is 9.44. The van der Waals surface area contributed by atoms with Crippen LogP contribution in [0.15, 0.2) is 0 Å². The van der Waals surface area contributed by atoms with Gasteiger partial charge >= 0.3 is 0 Å². The first-order valence-electron chi connectivity index (χ1n) is 7.40. The van der Waals surface area contributed by atoms with Crippen molar-refractivity contribution < 1.29 is 9.84 Å². The molecule has 0 saturated carbocycles.